The second-order valence-corrected chi connectivity index (χ2v) is 6.01. The zero-order valence-electron chi connectivity index (χ0n) is 10.7. The van der Waals surface area contributed by atoms with Crippen molar-refractivity contribution in [3.63, 3.8) is 0 Å². The second-order valence-electron chi connectivity index (χ2n) is 4.24. The van der Waals surface area contributed by atoms with Gasteiger partial charge < -0.3 is 5.32 Å². The minimum Gasteiger partial charge on any atom is -0.379 e. The van der Waals surface area contributed by atoms with Crippen molar-refractivity contribution in [3.8, 4) is 5.69 Å². The SMILES string of the molecule is Brc1cnc(CNc2cccc(-n3cnnn3)c2)c(Br)c1. The molecule has 8 heteroatoms. The Hall–Kier alpha value is -1.80. The standard InChI is InChI=1S/C13H10Br2N6/c14-9-4-12(15)13(17-6-9)7-16-10-2-1-3-11(5-10)21-8-18-19-20-21/h1-6,8,16H,7H2. The van der Waals surface area contributed by atoms with Crippen LogP contribution in [0.5, 0.6) is 0 Å². The van der Waals surface area contributed by atoms with Crippen molar-refractivity contribution < 1.29 is 0 Å². The Morgan fingerprint density at radius 3 is 2.86 bits per heavy atom. The molecule has 0 bridgehead atoms. The number of halogens is 2. The van der Waals surface area contributed by atoms with E-state index in [0.29, 0.717) is 6.54 Å². The van der Waals surface area contributed by atoms with Gasteiger partial charge in [0.1, 0.15) is 6.33 Å². The first-order valence-electron chi connectivity index (χ1n) is 6.09. The number of rotatable bonds is 4. The number of aromatic nitrogens is 5. The van der Waals surface area contributed by atoms with Gasteiger partial charge >= 0.3 is 0 Å². The van der Waals surface area contributed by atoms with E-state index in [1.54, 1.807) is 17.2 Å². The van der Waals surface area contributed by atoms with Crippen LogP contribution in [-0.4, -0.2) is 25.2 Å². The van der Waals surface area contributed by atoms with Crippen molar-refractivity contribution in [3.05, 3.63) is 57.5 Å². The van der Waals surface area contributed by atoms with E-state index in [2.05, 4.69) is 57.7 Å². The lowest BCUT2D eigenvalue weighted by molar-refractivity contribution is 0.789. The molecule has 0 saturated carbocycles. The summed E-state index contributed by atoms with van der Waals surface area (Å²) in [7, 11) is 0. The van der Waals surface area contributed by atoms with Gasteiger partial charge in [-0.15, -0.1) is 5.10 Å². The molecule has 6 nitrogen and oxygen atoms in total. The van der Waals surface area contributed by atoms with Crippen molar-refractivity contribution in [2.45, 2.75) is 6.54 Å². The van der Waals surface area contributed by atoms with Gasteiger partial charge in [0, 0.05) is 20.8 Å². The fourth-order valence-corrected chi connectivity index (χ4v) is 2.92. The number of pyridine rings is 1. The number of nitrogens with zero attached hydrogens (tertiary/aromatic N) is 5. The zero-order chi connectivity index (χ0) is 14.7. The van der Waals surface area contributed by atoms with Crippen LogP contribution < -0.4 is 5.32 Å². The van der Waals surface area contributed by atoms with Gasteiger partial charge in [-0.05, 0) is 66.6 Å². The molecule has 0 aliphatic heterocycles. The average Bonchev–Trinajstić information content (AvgIpc) is 3.01. The molecule has 1 N–H and O–H groups in total. The molecule has 0 aliphatic carbocycles. The van der Waals surface area contributed by atoms with E-state index in [0.717, 1.165) is 26.0 Å². The summed E-state index contributed by atoms with van der Waals surface area (Å²) in [4.78, 5) is 4.37. The van der Waals surface area contributed by atoms with Gasteiger partial charge in [-0.2, -0.15) is 0 Å². The average molecular weight is 410 g/mol. The maximum atomic E-state index is 4.37. The van der Waals surface area contributed by atoms with Gasteiger partial charge in [0.05, 0.1) is 17.9 Å². The van der Waals surface area contributed by atoms with Crippen LogP contribution in [0.2, 0.25) is 0 Å². The third-order valence-corrected chi connectivity index (χ3v) is 3.92. The molecule has 0 radical (unpaired) electrons. The molecule has 0 fully saturated rings. The van der Waals surface area contributed by atoms with Gasteiger partial charge in [-0.1, -0.05) is 6.07 Å². The van der Waals surface area contributed by atoms with Crippen LogP contribution in [0.1, 0.15) is 5.69 Å². The molecular weight excluding hydrogens is 400 g/mol. The second kappa shape index (κ2) is 6.31. The van der Waals surface area contributed by atoms with Crippen LogP contribution in [0, 0.1) is 0 Å². The number of hydrogen-bond donors (Lipinski definition) is 1. The van der Waals surface area contributed by atoms with E-state index in [1.165, 1.54) is 0 Å². The van der Waals surface area contributed by atoms with Crippen LogP contribution in [0.25, 0.3) is 5.69 Å². The summed E-state index contributed by atoms with van der Waals surface area (Å²) in [5, 5.41) is 14.5. The molecule has 3 aromatic rings. The molecule has 21 heavy (non-hydrogen) atoms. The first kappa shape index (κ1) is 14.2. The Balaban J connectivity index is 1.75. The van der Waals surface area contributed by atoms with Gasteiger partial charge in [0.25, 0.3) is 0 Å². The summed E-state index contributed by atoms with van der Waals surface area (Å²) in [6.45, 7) is 0.618. The van der Waals surface area contributed by atoms with Gasteiger partial charge in [0.15, 0.2) is 0 Å². The number of tetrazole rings is 1. The van der Waals surface area contributed by atoms with Crippen molar-refractivity contribution in [1.82, 2.24) is 25.2 Å². The lowest BCUT2D eigenvalue weighted by Crippen LogP contribution is -2.03. The largest absolute Gasteiger partial charge is 0.379 e. The van der Waals surface area contributed by atoms with Crippen LogP contribution in [0.4, 0.5) is 5.69 Å². The summed E-state index contributed by atoms with van der Waals surface area (Å²) in [5.41, 5.74) is 2.80. The highest BCUT2D eigenvalue weighted by molar-refractivity contribution is 9.11. The predicted octanol–water partition coefficient (Wildman–Crippen LogP) is 3.19. The molecule has 2 heterocycles. The Kier molecular flexibility index (Phi) is 4.26. The van der Waals surface area contributed by atoms with E-state index in [1.807, 2.05) is 30.3 Å². The van der Waals surface area contributed by atoms with Crippen molar-refractivity contribution in [1.29, 1.82) is 0 Å². The van der Waals surface area contributed by atoms with Crippen molar-refractivity contribution in [2.75, 3.05) is 5.32 Å². The maximum Gasteiger partial charge on any atom is 0.143 e. The Labute approximate surface area is 137 Å². The predicted molar refractivity (Wildman–Crippen MR) is 86.1 cm³/mol. The number of hydrogen-bond acceptors (Lipinski definition) is 5. The lowest BCUT2D eigenvalue weighted by Gasteiger charge is -2.09. The summed E-state index contributed by atoms with van der Waals surface area (Å²) < 4.78 is 3.51. The monoisotopic (exact) mass is 408 g/mol. The molecular formula is C13H10Br2N6. The van der Waals surface area contributed by atoms with Crippen LogP contribution >= 0.6 is 31.9 Å². The van der Waals surface area contributed by atoms with Crippen LogP contribution in [0.3, 0.4) is 0 Å². The van der Waals surface area contributed by atoms with E-state index >= 15 is 0 Å². The summed E-state index contributed by atoms with van der Waals surface area (Å²) in [6, 6.07) is 9.82. The minimum atomic E-state index is 0.618. The van der Waals surface area contributed by atoms with Crippen molar-refractivity contribution in [2.24, 2.45) is 0 Å². The maximum absolute atomic E-state index is 4.37. The lowest BCUT2D eigenvalue weighted by atomic mass is 10.2. The zero-order valence-corrected chi connectivity index (χ0v) is 13.9. The quantitative estimate of drug-likeness (QED) is 0.716. The van der Waals surface area contributed by atoms with E-state index in [9.17, 15) is 0 Å². The smallest absolute Gasteiger partial charge is 0.143 e. The van der Waals surface area contributed by atoms with E-state index < -0.39 is 0 Å². The minimum absolute atomic E-state index is 0.618. The normalized spacial score (nSPS) is 10.6. The van der Waals surface area contributed by atoms with Crippen molar-refractivity contribution >= 4 is 37.5 Å². The number of nitrogens with one attached hydrogen (secondary N) is 1. The summed E-state index contributed by atoms with van der Waals surface area (Å²) in [5.74, 6) is 0. The highest BCUT2D eigenvalue weighted by Gasteiger charge is 2.04. The fraction of sp³-hybridized carbons (Fsp3) is 0.0769. The summed E-state index contributed by atoms with van der Waals surface area (Å²) in [6.07, 6.45) is 3.34. The van der Waals surface area contributed by atoms with Gasteiger partial charge in [-0.25, -0.2) is 4.68 Å². The third-order valence-electron chi connectivity index (χ3n) is 2.80. The molecule has 0 unspecified atom stereocenters. The van der Waals surface area contributed by atoms with Crippen LogP contribution in [0.15, 0.2) is 51.8 Å². The third kappa shape index (κ3) is 3.45. The number of anilines is 1. The first-order chi connectivity index (χ1) is 10.2. The van der Waals surface area contributed by atoms with Crippen LogP contribution in [-0.2, 0) is 6.54 Å². The van der Waals surface area contributed by atoms with E-state index in [4.69, 9.17) is 0 Å². The highest BCUT2D eigenvalue weighted by atomic mass is 79.9. The first-order valence-corrected chi connectivity index (χ1v) is 7.68. The topological polar surface area (TPSA) is 68.5 Å². The van der Waals surface area contributed by atoms with Gasteiger partial charge in [-0.3, -0.25) is 4.98 Å². The molecule has 0 amide bonds. The highest BCUT2D eigenvalue weighted by Crippen LogP contribution is 2.21. The molecule has 0 atom stereocenters. The van der Waals surface area contributed by atoms with Gasteiger partial charge in [0.2, 0.25) is 0 Å². The Morgan fingerprint density at radius 1 is 1.19 bits per heavy atom. The summed E-state index contributed by atoms with van der Waals surface area (Å²) >= 11 is 6.89. The molecule has 0 spiro atoms. The molecule has 2 aromatic heterocycles. The molecule has 0 aliphatic rings. The Bertz CT molecular complexity index is 744. The molecule has 106 valence electrons. The molecule has 3 rings (SSSR count). The van der Waals surface area contributed by atoms with E-state index in [-0.39, 0.29) is 0 Å². The molecule has 1 aromatic carbocycles. The molecule has 0 saturated heterocycles. The Morgan fingerprint density at radius 2 is 2.10 bits per heavy atom. The number of benzene rings is 1. The fourth-order valence-electron chi connectivity index (χ4n) is 1.80.